The fourth-order valence-corrected chi connectivity index (χ4v) is 2.44. The van der Waals surface area contributed by atoms with E-state index in [0.717, 1.165) is 0 Å². The summed E-state index contributed by atoms with van der Waals surface area (Å²) >= 11 is 5.89. The minimum atomic E-state index is -4.34. The highest BCUT2D eigenvalue weighted by Gasteiger charge is 2.42. The Bertz CT molecular complexity index is 516. The predicted octanol–water partition coefficient (Wildman–Crippen LogP) is 3.26. The maximum atomic E-state index is 12.7. The van der Waals surface area contributed by atoms with Crippen LogP contribution in [0.4, 0.5) is 18.9 Å². The molecule has 3 nitrogen and oxygen atoms in total. The lowest BCUT2D eigenvalue weighted by atomic mass is 9.92. The molecule has 19 heavy (non-hydrogen) atoms. The number of carboxylic acids is 1. The smallest absolute Gasteiger partial charge is 0.408 e. The van der Waals surface area contributed by atoms with Crippen molar-refractivity contribution < 1.29 is 23.1 Å². The van der Waals surface area contributed by atoms with Crippen LogP contribution in [0.3, 0.4) is 0 Å². The second kappa shape index (κ2) is 4.92. The summed E-state index contributed by atoms with van der Waals surface area (Å²) in [5.41, 5.74) is 1.27. The zero-order valence-electron chi connectivity index (χ0n) is 9.72. The monoisotopic (exact) mass is 293 g/mol. The Morgan fingerprint density at radius 1 is 1.47 bits per heavy atom. The Morgan fingerprint density at radius 2 is 2.16 bits per heavy atom. The summed E-state index contributed by atoms with van der Waals surface area (Å²) in [5, 5.41) is 11.3. The number of rotatable bonds is 2. The molecule has 0 saturated carbocycles. The van der Waals surface area contributed by atoms with Gasteiger partial charge in [0, 0.05) is 0 Å². The fourth-order valence-electron chi connectivity index (χ4n) is 2.21. The maximum Gasteiger partial charge on any atom is 0.408 e. The van der Waals surface area contributed by atoms with Gasteiger partial charge < -0.3 is 10.4 Å². The van der Waals surface area contributed by atoms with Gasteiger partial charge in [-0.05, 0) is 30.0 Å². The summed E-state index contributed by atoms with van der Waals surface area (Å²) in [4.78, 5) is 10.7. The summed E-state index contributed by atoms with van der Waals surface area (Å²) in [7, 11) is 0. The highest BCUT2D eigenvalue weighted by atomic mass is 35.5. The second-order valence-electron chi connectivity index (χ2n) is 4.41. The van der Waals surface area contributed by atoms with E-state index in [1.807, 2.05) is 0 Å². The molecule has 1 aromatic carbocycles. The molecule has 2 N–H and O–H groups in total. The quantitative estimate of drug-likeness (QED) is 0.880. The Kier molecular flexibility index (Phi) is 3.62. The first-order chi connectivity index (χ1) is 8.79. The molecule has 0 saturated heterocycles. The minimum absolute atomic E-state index is 0.122. The van der Waals surface area contributed by atoms with Crippen LogP contribution >= 0.6 is 11.6 Å². The first kappa shape index (κ1) is 14.0. The van der Waals surface area contributed by atoms with Crippen LogP contribution in [0.25, 0.3) is 0 Å². The van der Waals surface area contributed by atoms with Crippen molar-refractivity contribution in [1.82, 2.24) is 0 Å². The van der Waals surface area contributed by atoms with E-state index in [2.05, 4.69) is 5.32 Å². The van der Waals surface area contributed by atoms with Crippen molar-refractivity contribution in [3.8, 4) is 0 Å². The van der Waals surface area contributed by atoms with E-state index < -0.39 is 18.2 Å². The van der Waals surface area contributed by atoms with Crippen molar-refractivity contribution in [2.45, 2.75) is 31.5 Å². The molecule has 1 atom stereocenters. The normalized spacial score (nSPS) is 18.6. The first-order valence-electron chi connectivity index (χ1n) is 5.64. The molecule has 0 bridgehead atoms. The van der Waals surface area contributed by atoms with E-state index in [4.69, 9.17) is 16.7 Å². The van der Waals surface area contributed by atoms with Crippen molar-refractivity contribution in [3.63, 3.8) is 0 Å². The fraction of sp³-hybridized carbons (Fsp3) is 0.417. The Labute approximate surface area is 112 Å². The van der Waals surface area contributed by atoms with Gasteiger partial charge in [0.15, 0.2) is 0 Å². The van der Waals surface area contributed by atoms with Gasteiger partial charge in [0.2, 0.25) is 0 Å². The molecule has 1 aliphatic rings. The molecule has 0 aromatic heterocycles. The summed E-state index contributed by atoms with van der Waals surface area (Å²) in [6.45, 7) is 0. The number of benzene rings is 1. The van der Waals surface area contributed by atoms with Crippen molar-refractivity contribution in [2.75, 3.05) is 5.32 Å². The molecule has 104 valence electrons. The molecule has 1 aromatic rings. The highest BCUT2D eigenvalue weighted by Crippen LogP contribution is 2.38. The van der Waals surface area contributed by atoms with Crippen molar-refractivity contribution in [3.05, 3.63) is 28.3 Å². The van der Waals surface area contributed by atoms with Crippen LogP contribution in [0, 0.1) is 0 Å². The average molecular weight is 294 g/mol. The summed E-state index contributed by atoms with van der Waals surface area (Å²) in [6.07, 6.45) is -4.53. The predicted molar refractivity (Wildman–Crippen MR) is 64.6 cm³/mol. The average Bonchev–Trinajstić information content (AvgIpc) is 2.31. The number of anilines is 1. The molecule has 2 rings (SSSR count). The van der Waals surface area contributed by atoms with E-state index in [0.29, 0.717) is 11.1 Å². The van der Waals surface area contributed by atoms with Crippen LogP contribution in [-0.4, -0.2) is 23.3 Å². The number of hydrogen-bond donors (Lipinski definition) is 2. The van der Waals surface area contributed by atoms with Crippen LogP contribution in [0.1, 0.15) is 17.5 Å². The Balaban J connectivity index is 2.37. The molecular weight excluding hydrogens is 283 g/mol. The maximum absolute atomic E-state index is 12.7. The van der Waals surface area contributed by atoms with Gasteiger partial charge in [0.1, 0.15) is 6.04 Å². The van der Waals surface area contributed by atoms with Gasteiger partial charge in [-0.2, -0.15) is 13.2 Å². The third-order valence-corrected chi connectivity index (χ3v) is 3.41. The number of aliphatic carboxylic acids is 1. The molecule has 0 unspecified atom stereocenters. The Hall–Kier alpha value is -1.43. The van der Waals surface area contributed by atoms with Crippen LogP contribution in [0.15, 0.2) is 12.1 Å². The lowest BCUT2D eigenvalue weighted by Gasteiger charge is -2.30. The number of nitrogens with one attached hydrogen (secondary N) is 1. The van der Waals surface area contributed by atoms with Gasteiger partial charge in [0.05, 0.1) is 17.1 Å². The summed E-state index contributed by atoms with van der Waals surface area (Å²) < 4.78 is 38.0. The first-order valence-corrected chi connectivity index (χ1v) is 6.02. The molecule has 0 spiro atoms. The minimum Gasteiger partial charge on any atom is -0.481 e. The summed E-state index contributed by atoms with van der Waals surface area (Å²) in [5.74, 6) is -1.03. The van der Waals surface area contributed by atoms with Crippen LogP contribution in [0.2, 0.25) is 5.02 Å². The zero-order valence-corrected chi connectivity index (χ0v) is 10.5. The largest absolute Gasteiger partial charge is 0.481 e. The topological polar surface area (TPSA) is 49.3 Å². The highest BCUT2D eigenvalue weighted by molar-refractivity contribution is 6.33. The standard InChI is InChI=1S/C12H11ClF3NO2/c13-8-3-1-6(5-10(18)19)7-2-4-9(12(14,15)16)17-11(7)8/h1,3,9,17H,2,4-5H2,(H,18,19)/t9-/m1/s1. The molecule has 0 fully saturated rings. The molecule has 1 aliphatic heterocycles. The summed E-state index contributed by atoms with van der Waals surface area (Å²) in [6, 6.07) is 1.33. The SMILES string of the molecule is O=C(O)Cc1ccc(Cl)c2c1CC[C@H](C(F)(F)F)N2. The van der Waals surface area contributed by atoms with Crippen LogP contribution < -0.4 is 5.32 Å². The van der Waals surface area contributed by atoms with E-state index >= 15 is 0 Å². The number of carbonyl (C=O) groups is 1. The van der Waals surface area contributed by atoms with Gasteiger partial charge in [0.25, 0.3) is 0 Å². The lowest BCUT2D eigenvalue weighted by Crippen LogP contribution is -2.39. The van der Waals surface area contributed by atoms with Crippen molar-refractivity contribution in [2.24, 2.45) is 0 Å². The molecule has 0 aliphatic carbocycles. The number of hydrogen-bond acceptors (Lipinski definition) is 2. The zero-order chi connectivity index (χ0) is 14.2. The van der Waals surface area contributed by atoms with E-state index in [9.17, 15) is 18.0 Å². The van der Waals surface area contributed by atoms with Crippen molar-refractivity contribution >= 4 is 23.3 Å². The molecule has 7 heteroatoms. The van der Waals surface area contributed by atoms with Gasteiger partial charge in [-0.15, -0.1) is 0 Å². The van der Waals surface area contributed by atoms with Crippen LogP contribution in [0.5, 0.6) is 0 Å². The molecular formula is C12H11ClF3NO2. The number of fused-ring (bicyclic) bond motifs is 1. The second-order valence-corrected chi connectivity index (χ2v) is 4.81. The van der Waals surface area contributed by atoms with Crippen molar-refractivity contribution in [1.29, 1.82) is 0 Å². The number of halogens is 4. The number of alkyl halides is 3. The van der Waals surface area contributed by atoms with E-state index in [1.54, 1.807) is 6.07 Å². The van der Waals surface area contributed by atoms with E-state index in [1.165, 1.54) is 6.07 Å². The van der Waals surface area contributed by atoms with Crippen LogP contribution in [-0.2, 0) is 17.6 Å². The third kappa shape index (κ3) is 2.94. The van der Waals surface area contributed by atoms with Gasteiger partial charge >= 0.3 is 12.1 Å². The molecule has 1 heterocycles. The van der Waals surface area contributed by atoms with E-state index in [-0.39, 0.29) is 30.0 Å². The molecule has 0 amide bonds. The van der Waals surface area contributed by atoms with Gasteiger partial charge in [-0.3, -0.25) is 4.79 Å². The Morgan fingerprint density at radius 3 is 2.74 bits per heavy atom. The lowest BCUT2D eigenvalue weighted by molar-refractivity contribution is -0.144. The number of carboxylic acid groups (broad SMARTS) is 1. The van der Waals surface area contributed by atoms with Gasteiger partial charge in [-0.25, -0.2) is 0 Å². The van der Waals surface area contributed by atoms with Gasteiger partial charge in [-0.1, -0.05) is 17.7 Å². The molecule has 0 radical (unpaired) electrons. The third-order valence-electron chi connectivity index (χ3n) is 3.10.